The Kier molecular flexibility index (Phi) is 21.1. The van der Waals surface area contributed by atoms with Crippen molar-refractivity contribution in [3.8, 4) is 0 Å². The lowest BCUT2D eigenvalue weighted by atomic mass is 10.0. The topological polar surface area (TPSA) is 26.3 Å². The maximum atomic E-state index is 13.5. The normalized spacial score (nSPS) is 12.0. The first kappa shape index (κ1) is 29.4. The van der Waals surface area contributed by atoms with Crippen LogP contribution in [0.2, 0.25) is 19.1 Å². The molecule has 0 N–H and O–H groups in total. The minimum atomic E-state index is -2.29. The molecule has 0 saturated carbocycles. The van der Waals surface area contributed by atoms with Gasteiger partial charge in [-0.25, -0.2) is 4.79 Å². The van der Waals surface area contributed by atoms with Gasteiger partial charge in [0.1, 0.15) is 0 Å². The van der Waals surface area contributed by atoms with E-state index in [1.54, 1.807) is 6.08 Å². The molecule has 0 saturated heterocycles. The summed E-state index contributed by atoms with van der Waals surface area (Å²) < 4.78 is 18.6. The van der Waals surface area contributed by atoms with Gasteiger partial charge in [-0.2, -0.15) is 0 Å². The highest BCUT2D eigenvalue weighted by Gasteiger charge is 2.18. The average Bonchev–Trinajstić information content (AvgIpc) is 2.68. The van der Waals surface area contributed by atoms with Crippen LogP contribution in [0.4, 0.5) is 4.11 Å². The van der Waals surface area contributed by atoms with E-state index >= 15 is 0 Å². The van der Waals surface area contributed by atoms with Gasteiger partial charge in [0.15, 0.2) is 0 Å². The Balaban J connectivity index is 3.09. The fourth-order valence-electron chi connectivity index (χ4n) is 3.83. The van der Waals surface area contributed by atoms with Crippen molar-refractivity contribution >= 4 is 14.4 Å². The molecule has 0 heterocycles. The summed E-state index contributed by atoms with van der Waals surface area (Å²) in [6.45, 7) is 6.03. The summed E-state index contributed by atoms with van der Waals surface area (Å²) in [7, 11) is -2.29. The lowest BCUT2D eigenvalue weighted by Crippen LogP contribution is -2.16. The van der Waals surface area contributed by atoms with Crippen molar-refractivity contribution in [3.05, 3.63) is 12.2 Å². The minimum Gasteiger partial charge on any atom is -0.463 e. The summed E-state index contributed by atoms with van der Waals surface area (Å²) in [5.41, 5.74) is 0. The van der Waals surface area contributed by atoms with Crippen molar-refractivity contribution in [1.29, 1.82) is 0 Å². The smallest absolute Gasteiger partial charge is 0.330 e. The lowest BCUT2D eigenvalue weighted by molar-refractivity contribution is -0.137. The fourth-order valence-corrected chi connectivity index (χ4v) is 4.92. The SMILES string of the molecule is CC=CC(=O)OCCCCCCCCCCCCCCCCCCCC[Si](C)(C)F. The summed E-state index contributed by atoms with van der Waals surface area (Å²) >= 11 is 0. The number of esters is 1. The molecular formula is C26H51FO2Si. The molecule has 2 nitrogen and oxygen atoms in total. The van der Waals surface area contributed by atoms with E-state index in [0.29, 0.717) is 6.61 Å². The Hall–Kier alpha value is -0.643. The van der Waals surface area contributed by atoms with Crippen LogP contribution in [0.3, 0.4) is 0 Å². The molecule has 0 aliphatic rings. The third-order valence-electron chi connectivity index (χ3n) is 5.71. The molecule has 0 aromatic carbocycles. The highest BCUT2D eigenvalue weighted by Crippen LogP contribution is 2.18. The van der Waals surface area contributed by atoms with Crippen LogP contribution in [0, 0.1) is 0 Å². The molecule has 178 valence electrons. The predicted octanol–water partition coefficient (Wildman–Crippen LogP) is 9.30. The van der Waals surface area contributed by atoms with E-state index in [9.17, 15) is 8.90 Å². The third kappa shape index (κ3) is 25.4. The standard InChI is InChI=1S/C26H51FO2Si/c1-4-23-26(28)29-24-21-19-17-15-13-11-9-7-5-6-8-10-12-14-16-18-20-22-25-30(2,3)27/h4,23H,5-22,24-25H2,1-3H3. The number of rotatable bonds is 22. The molecule has 0 amide bonds. The second kappa shape index (κ2) is 21.6. The van der Waals surface area contributed by atoms with Gasteiger partial charge < -0.3 is 8.84 Å². The molecule has 0 bridgehead atoms. The number of carbonyl (C=O) groups is 1. The molecule has 0 rings (SSSR count). The molecule has 0 aliphatic heterocycles. The first-order valence-electron chi connectivity index (χ1n) is 12.9. The van der Waals surface area contributed by atoms with Crippen LogP contribution in [0.5, 0.6) is 0 Å². The highest BCUT2D eigenvalue weighted by atomic mass is 28.4. The van der Waals surface area contributed by atoms with Crippen LogP contribution in [0.15, 0.2) is 12.2 Å². The van der Waals surface area contributed by atoms with E-state index in [1.165, 1.54) is 109 Å². The van der Waals surface area contributed by atoms with Gasteiger partial charge >= 0.3 is 5.97 Å². The largest absolute Gasteiger partial charge is 0.463 e. The first-order valence-corrected chi connectivity index (χ1v) is 16.0. The van der Waals surface area contributed by atoms with Gasteiger partial charge in [0.05, 0.1) is 6.61 Å². The lowest BCUT2D eigenvalue weighted by Gasteiger charge is -2.09. The van der Waals surface area contributed by atoms with E-state index in [4.69, 9.17) is 4.74 Å². The third-order valence-corrected chi connectivity index (χ3v) is 7.26. The van der Waals surface area contributed by atoms with E-state index in [0.717, 1.165) is 18.9 Å². The van der Waals surface area contributed by atoms with Gasteiger partial charge in [0.25, 0.3) is 0 Å². The summed E-state index contributed by atoms with van der Waals surface area (Å²) in [4.78, 5) is 11.1. The molecule has 0 aromatic rings. The van der Waals surface area contributed by atoms with Crippen molar-refractivity contribution in [2.24, 2.45) is 0 Å². The van der Waals surface area contributed by atoms with Crippen molar-refractivity contribution in [2.45, 2.75) is 142 Å². The molecule has 0 radical (unpaired) electrons. The Labute approximate surface area is 188 Å². The molecule has 0 fully saturated rings. The Morgan fingerprint density at radius 2 is 1.00 bits per heavy atom. The Bertz CT molecular complexity index is 404. The average molecular weight is 443 g/mol. The second-order valence-corrected chi connectivity index (χ2v) is 13.4. The molecule has 0 atom stereocenters. The summed E-state index contributed by atoms with van der Waals surface area (Å²) in [6.07, 6.45) is 26.8. The number of allylic oxidation sites excluding steroid dienone is 1. The maximum absolute atomic E-state index is 13.5. The number of hydrogen-bond acceptors (Lipinski definition) is 2. The highest BCUT2D eigenvalue weighted by molar-refractivity contribution is 6.70. The van der Waals surface area contributed by atoms with E-state index < -0.39 is 8.41 Å². The molecule has 0 aromatic heterocycles. The van der Waals surface area contributed by atoms with Crippen LogP contribution in [-0.2, 0) is 9.53 Å². The Morgan fingerprint density at radius 3 is 1.33 bits per heavy atom. The zero-order valence-corrected chi connectivity index (χ0v) is 21.5. The van der Waals surface area contributed by atoms with Crippen molar-refractivity contribution in [2.75, 3.05) is 6.61 Å². The maximum Gasteiger partial charge on any atom is 0.330 e. The number of carbonyl (C=O) groups excluding carboxylic acids is 1. The van der Waals surface area contributed by atoms with Crippen molar-refractivity contribution in [1.82, 2.24) is 0 Å². The number of hydrogen-bond donors (Lipinski definition) is 0. The summed E-state index contributed by atoms with van der Waals surface area (Å²) in [5, 5.41) is 0. The molecule has 0 spiro atoms. The molecule has 30 heavy (non-hydrogen) atoms. The second-order valence-electron chi connectivity index (χ2n) is 9.50. The number of unbranched alkanes of at least 4 members (excludes halogenated alkanes) is 17. The summed E-state index contributed by atoms with van der Waals surface area (Å²) in [5.74, 6) is -0.218. The van der Waals surface area contributed by atoms with Gasteiger partial charge in [0, 0.05) is 6.08 Å². The van der Waals surface area contributed by atoms with Gasteiger partial charge in [0.2, 0.25) is 8.41 Å². The Morgan fingerprint density at radius 1 is 0.667 bits per heavy atom. The molecule has 4 heteroatoms. The van der Waals surface area contributed by atoms with E-state index in [-0.39, 0.29) is 5.97 Å². The van der Waals surface area contributed by atoms with E-state index in [1.807, 2.05) is 20.0 Å². The van der Waals surface area contributed by atoms with Gasteiger partial charge in [-0.3, -0.25) is 0 Å². The van der Waals surface area contributed by atoms with Crippen molar-refractivity contribution in [3.63, 3.8) is 0 Å². The van der Waals surface area contributed by atoms with Gasteiger partial charge in [-0.15, -0.1) is 0 Å². The predicted molar refractivity (Wildman–Crippen MR) is 132 cm³/mol. The van der Waals surface area contributed by atoms with Crippen molar-refractivity contribution < 1.29 is 13.6 Å². The number of ether oxygens (including phenoxy) is 1. The van der Waals surface area contributed by atoms with Crippen LogP contribution in [-0.4, -0.2) is 21.0 Å². The van der Waals surface area contributed by atoms with Gasteiger partial charge in [-0.1, -0.05) is 115 Å². The minimum absolute atomic E-state index is 0.218. The quantitative estimate of drug-likeness (QED) is 0.0549. The molecule has 0 unspecified atom stereocenters. The van der Waals surface area contributed by atoms with Gasteiger partial charge in [-0.05, 0) is 32.5 Å². The monoisotopic (exact) mass is 442 g/mol. The molecule has 0 aliphatic carbocycles. The van der Waals surface area contributed by atoms with Crippen LogP contribution in [0.1, 0.15) is 122 Å². The summed E-state index contributed by atoms with van der Waals surface area (Å²) in [6, 6.07) is 0.850. The van der Waals surface area contributed by atoms with Crippen LogP contribution >= 0.6 is 0 Å². The fraction of sp³-hybridized carbons (Fsp3) is 0.885. The number of halogens is 1. The first-order chi connectivity index (χ1) is 14.5. The molecular weight excluding hydrogens is 391 g/mol. The van der Waals surface area contributed by atoms with Crippen LogP contribution in [0.25, 0.3) is 0 Å². The van der Waals surface area contributed by atoms with E-state index in [2.05, 4.69) is 0 Å². The van der Waals surface area contributed by atoms with Crippen LogP contribution < -0.4 is 0 Å². The zero-order chi connectivity index (χ0) is 22.3. The zero-order valence-electron chi connectivity index (χ0n) is 20.5.